The molecule has 0 radical (unpaired) electrons. The number of amides is 1. The molecule has 1 N–H and O–H groups in total. The Labute approximate surface area is 164 Å². The van der Waals surface area contributed by atoms with Crippen LogP contribution in [0.5, 0.6) is 0 Å². The fraction of sp³-hybridized carbons (Fsp3) is 0.316. The third kappa shape index (κ3) is 3.83. The molecule has 1 fully saturated rings. The molecule has 0 saturated carbocycles. The highest BCUT2D eigenvalue weighted by Gasteiger charge is 2.19. The van der Waals surface area contributed by atoms with E-state index in [9.17, 15) is 13.6 Å². The summed E-state index contributed by atoms with van der Waals surface area (Å²) >= 11 is 6.29. The zero-order valence-corrected chi connectivity index (χ0v) is 15.5. The Hall–Kier alpha value is -2.58. The number of carbonyl (C=O) groups excluding carboxylic acids is 1. The van der Waals surface area contributed by atoms with Crippen LogP contribution in [0, 0.1) is 0 Å². The van der Waals surface area contributed by atoms with Gasteiger partial charge in [0.15, 0.2) is 0 Å². The predicted molar refractivity (Wildman–Crippen MR) is 101 cm³/mol. The monoisotopic (exact) mass is 406 g/mol. The molecular weight excluding hydrogens is 390 g/mol. The summed E-state index contributed by atoms with van der Waals surface area (Å²) in [5.74, 6) is -0.611. The van der Waals surface area contributed by atoms with Gasteiger partial charge in [-0.15, -0.1) is 0 Å². The van der Waals surface area contributed by atoms with Crippen molar-refractivity contribution in [2.24, 2.45) is 0 Å². The van der Waals surface area contributed by atoms with Gasteiger partial charge in [-0.2, -0.15) is 5.10 Å². The van der Waals surface area contributed by atoms with Crippen LogP contribution < -0.4 is 5.32 Å². The van der Waals surface area contributed by atoms with E-state index < -0.39 is 18.0 Å². The number of carbonyl (C=O) groups is 1. The van der Waals surface area contributed by atoms with E-state index in [-0.39, 0.29) is 11.7 Å². The Kier molecular flexibility index (Phi) is 5.23. The van der Waals surface area contributed by atoms with Gasteiger partial charge < -0.3 is 10.1 Å². The maximum absolute atomic E-state index is 12.8. The number of pyridine rings is 1. The molecule has 0 bridgehead atoms. The molecule has 0 aliphatic carbocycles. The number of hydrogen-bond acceptors (Lipinski definition) is 4. The van der Waals surface area contributed by atoms with Crippen molar-refractivity contribution in [1.29, 1.82) is 0 Å². The molecule has 1 amide bonds. The van der Waals surface area contributed by atoms with Gasteiger partial charge in [0.05, 0.1) is 22.3 Å². The first-order valence-corrected chi connectivity index (χ1v) is 9.21. The average molecular weight is 407 g/mol. The van der Waals surface area contributed by atoms with Gasteiger partial charge in [0.2, 0.25) is 0 Å². The predicted octanol–water partition coefficient (Wildman–Crippen LogP) is 4.63. The second-order valence-electron chi connectivity index (χ2n) is 6.55. The van der Waals surface area contributed by atoms with Gasteiger partial charge in [0.25, 0.3) is 12.3 Å². The van der Waals surface area contributed by atoms with Crippen molar-refractivity contribution < 1.29 is 18.3 Å². The molecule has 0 atom stereocenters. The van der Waals surface area contributed by atoms with Gasteiger partial charge in [-0.3, -0.25) is 9.48 Å². The molecule has 6 nitrogen and oxygen atoms in total. The number of nitrogens with one attached hydrogen (secondary N) is 1. The third-order valence-corrected chi connectivity index (χ3v) is 4.96. The van der Waals surface area contributed by atoms with Crippen LogP contribution in [0.2, 0.25) is 5.02 Å². The molecule has 1 aliphatic rings. The van der Waals surface area contributed by atoms with Gasteiger partial charge in [-0.1, -0.05) is 17.7 Å². The van der Waals surface area contributed by atoms with Gasteiger partial charge >= 0.3 is 0 Å². The zero-order valence-electron chi connectivity index (χ0n) is 14.7. The lowest BCUT2D eigenvalue weighted by Crippen LogP contribution is -2.19. The number of rotatable bonds is 4. The highest BCUT2D eigenvalue weighted by atomic mass is 35.5. The third-order valence-electron chi connectivity index (χ3n) is 4.65. The molecule has 4 rings (SSSR count). The highest BCUT2D eigenvalue weighted by molar-refractivity contribution is 6.34. The van der Waals surface area contributed by atoms with Crippen LogP contribution in [0.3, 0.4) is 0 Å². The van der Waals surface area contributed by atoms with Crippen molar-refractivity contribution >= 4 is 34.1 Å². The minimum absolute atomic E-state index is 0.105. The molecule has 0 spiro atoms. The number of ether oxygens (including phenoxy) is 1. The standard InChI is InChI=1S/C19H17ClF2N4O2/c20-13-9-16-11(10-26(25-16)12-4-6-28-7-5-12)8-17(13)24-19(27)15-3-1-2-14(23-15)18(21)22/h1-3,8-10,12,18H,4-7H2,(H,24,27). The average Bonchev–Trinajstić information content (AvgIpc) is 3.11. The number of hydrogen-bond donors (Lipinski definition) is 1. The van der Waals surface area contributed by atoms with Crippen molar-refractivity contribution in [3.63, 3.8) is 0 Å². The first-order chi connectivity index (χ1) is 13.5. The Balaban J connectivity index is 1.59. The lowest BCUT2D eigenvalue weighted by molar-refractivity contribution is 0.0664. The number of halogens is 3. The summed E-state index contributed by atoms with van der Waals surface area (Å²) in [4.78, 5) is 16.1. The van der Waals surface area contributed by atoms with Crippen molar-refractivity contribution in [2.75, 3.05) is 18.5 Å². The van der Waals surface area contributed by atoms with Crippen LogP contribution >= 0.6 is 11.6 Å². The van der Waals surface area contributed by atoms with E-state index >= 15 is 0 Å². The van der Waals surface area contributed by atoms with E-state index in [1.807, 2.05) is 10.9 Å². The summed E-state index contributed by atoms with van der Waals surface area (Å²) in [5.41, 5.74) is 0.529. The van der Waals surface area contributed by atoms with Crippen LogP contribution in [-0.4, -0.2) is 33.9 Å². The minimum atomic E-state index is -2.75. The van der Waals surface area contributed by atoms with Crippen LogP contribution in [0.25, 0.3) is 10.9 Å². The topological polar surface area (TPSA) is 69.0 Å². The van der Waals surface area contributed by atoms with Gasteiger partial charge in [0, 0.05) is 24.8 Å². The lowest BCUT2D eigenvalue weighted by Gasteiger charge is -2.22. The SMILES string of the molecule is O=C(Nc1cc2cn(C3CCOCC3)nc2cc1Cl)c1cccc(C(F)F)n1. The van der Waals surface area contributed by atoms with Crippen molar-refractivity contribution in [1.82, 2.24) is 14.8 Å². The maximum Gasteiger partial charge on any atom is 0.280 e. The van der Waals surface area contributed by atoms with E-state index in [2.05, 4.69) is 15.4 Å². The van der Waals surface area contributed by atoms with Crippen LogP contribution in [-0.2, 0) is 4.74 Å². The second-order valence-corrected chi connectivity index (χ2v) is 6.95. The van der Waals surface area contributed by atoms with E-state index in [4.69, 9.17) is 16.3 Å². The molecule has 0 unspecified atom stereocenters. The van der Waals surface area contributed by atoms with E-state index in [1.165, 1.54) is 18.2 Å². The Bertz CT molecular complexity index is 1020. The summed E-state index contributed by atoms with van der Waals surface area (Å²) in [5, 5.41) is 8.34. The number of alkyl halides is 2. The number of fused-ring (bicyclic) bond motifs is 1. The van der Waals surface area contributed by atoms with Crippen LogP contribution in [0.4, 0.5) is 14.5 Å². The summed E-state index contributed by atoms with van der Waals surface area (Å²) in [7, 11) is 0. The largest absolute Gasteiger partial charge is 0.381 e. The van der Waals surface area contributed by atoms with E-state index in [1.54, 1.807) is 12.1 Å². The van der Waals surface area contributed by atoms with Crippen LogP contribution in [0.1, 0.15) is 41.5 Å². The fourth-order valence-electron chi connectivity index (χ4n) is 3.18. The summed E-state index contributed by atoms with van der Waals surface area (Å²) in [6.07, 6.45) is 0.936. The highest BCUT2D eigenvalue weighted by Crippen LogP contribution is 2.30. The first-order valence-electron chi connectivity index (χ1n) is 8.84. The lowest BCUT2D eigenvalue weighted by atomic mass is 10.1. The van der Waals surface area contributed by atoms with Crippen molar-refractivity contribution in [2.45, 2.75) is 25.3 Å². The molecule has 3 heterocycles. The minimum Gasteiger partial charge on any atom is -0.381 e. The molecule has 146 valence electrons. The molecule has 1 aliphatic heterocycles. The van der Waals surface area contributed by atoms with E-state index in [0.29, 0.717) is 29.4 Å². The molecule has 28 heavy (non-hydrogen) atoms. The molecule has 2 aromatic heterocycles. The quantitative estimate of drug-likeness (QED) is 0.686. The summed E-state index contributed by atoms with van der Waals surface area (Å²) in [6.45, 7) is 1.40. The zero-order chi connectivity index (χ0) is 19.7. The van der Waals surface area contributed by atoms with Crippen molar-refractivity contribution in [3.8, 4) is 0 Å². The Morgan fingerprint density at radius 1 is 1.29 bits per heavy atom. The summed E-state index contributed by atoms with van der Waals surface area (Å²) in [6, 6.07) is 7.56. The van der Waals surface area contributed by atoms with Gasteiger partial charge in [0.1, 0.15) is 11.4 Å². The number of benzene rings is 1. The first kappa shape index (κ1) is 18.8. The van der Waals surface area contributed by atoms with Gasteiger partial charge in [-0.25, -0.2) is 13.8 Å². The molecule has 3 aromatic rings. The Morgan fingerprint density at radius 3 is 2.82 bits per heavy atom. The smallest absolute Gasteiger partial charge is 0.280 e. The van der Waals surface area contributed by atoms with Gasteiger partial charge in [-0.05, 0) is 37.1 Å². The number of aromatic nitrogens is 3. The maximum atomic E-state index is 12.8. The molecule has 9 heteroatoms. The second kappa shape index (κ2) is 7.81. The molecule has 1 aromatic carbocycles. The van der Waals surface area contributed by atoms with Crippen molar-refractivity contribution in [3.05, 3.63) is 52.9 Å². The molecule has 1 saturated heterocycles. The van der Waals surface area contributed by atoms with E-state index in [0.717, 1.165) is 18.2 Å². The fourth-order valence-corrected chi connectivity index (χ4v) is 3.39. The van der Waals surface area contributed by atoms with Crippen LogP contribution in [0.15, 0.2) is 36.5 Å². The molecular formula is C19H17ClF2N4O2. The number of nitrogens with zero attached hydrogens (tertiary/aromatic N) is 3. The Morgan fingerprint density at radius 2 is 2.07 bits per heavy atom. The number of anilines is 1. The summed E-state index contributed by atoms with van der Waals surface area (Å²) < 4.78 is 32.9. The normalized spacial score (nSPS) is 15.3.